The minimum Gasteiger partial charge on any atom is -0.342 e. The van der Waals surface area contributed by atoms with Crippen LogP contribution in [0.5, 0.6) is 0 Å². The Balaban J connectivity index is 1.83. The molecule has 0 aliphatic rings. The summed E-state index contributed by atoms with van der Waals surface area (Å²) in [5, 5.41) is 0. The first-order valence-electron chi connectivity index (χ1n) is 7.22. The minimum absolute atomic E-state index is 0.754. The molecule has 0 saturated carbocycles. The molecule has 2 rings (SSSR count). The van der Waals surface area contributed by atoms with Crippen molar-refractivity contribution in [1.82, 2.24) is 9.97 Å². The molecule has 0 aliphatic heterocycles. The van der Waals surface area contributed by atoms with E-state index in [4.69, 9.17) is 0 Å². The van der Waals surface area contributed by atoms with Crippen molar-refractivity contribution in [3.8, 4) is 0 Å². The van der Waals surface area contributed by atoms with Crippen LogP contribution < -0.4 is 0 Å². The lowest BCUT2D eigenvalue weighted by atomic mass is 9.99. The Morgan fingerprint density at radius 1 is 1.26 bits per heavy atom. The molecule has 1 aromatic heterocycles. The average Bonchev–Trinajstić information content (AvgIpc) is 2.78. The van der Waals surface area contributed by atoms with Crippen molar-refractivity contribution < 1.29 is 0 Å². The van der Waals surface area contributed by atoms with Crippen LogP contribution in [0.25, 0.3) is 11.0 Å². The van der Waals surface area contributed by atoms with Gasteiger partial charge in [0.25, 0.3) is 0 Å². The summed E-state index contributed by atoms with van der Waals surface area (Å²) >= 11 is 0. The van der Waals surface area contributed by atoms with Crippen molar-refractivity contribution in [2.45, 2.75) is 46.5 Å². The number of aromatic nitrogens is 2. The molecule has 2 heteroatoms. The summed E-state index contributed by atoms with van der Waals surface area (Å²) in [7, 11) is 0. The van der Waals surface area contributed by atoms with Crippen LogP contribution in [-0.4, -0.2) is 9.97 Å². The highest BCUT2D eigenvalue weighted by Gasteiger charge is 2.05. The van der Waals surface area contributed by atoms with E-state index in [2.05, 4.69) is 48.9 Å². The van der Waals surface area contributed by atoms with Gasteiger partial charge in [0, 0.05) is 6.42 Å². The van der Waals surface area contributed by atoms with Crippen LogP contribution in [0, 0.1) is 5.92 Å². The molecule has 1 N–H and O–H groups in total. The van der Waals surface area contributed by atoms with E-state index in [1.807, 2.05) is 12.1 Å². The van der Waals surface area contributed by atoms with E-state index in [9.17, 15) is 0 Å². The molecule has 0 amide bonds. The molecule has 1 aromatic carbocycles. The van der Waals surface area contributed by atoms with E-state index >= 15 is 0 Å². The number of hydrogen-bond donors (Lipinski definition) is 1. The molecular weight excluding hydrogens is 232 g/mol. The lowest BCUT2D eigenvalue weighted by Gasteiger charge is -2.08. The van der Waals surface area contributed by atoms with Gasteiger partial charge >= 0.3 is 0 Å². The predicted octanol–water partition coefficient (Wildman–Crippen LogP) is 4.88. The SMILES string of the molecule is CC(C)=CCCC(C)CCc1nc2ccccc2[nH]1. The number of nitrogens with zero attached hydrogens (tertiary/aromatic N) is 1. The predicted molar refractivity (Wildman–Crippen MR) is 82.2 cm³/mol. The number of hydrogen-bond acceptors (Lipinski definition) is 1. The normalized spacial score (nSPS) is 12.6. The first-order chi connectivity index (χ1) is 9.15. The molecule has 0 radical (unpaired) electrons. The van der Waals surface area contributed by atoms with Crippen molar-refractivity contribution in [2.24, 2.45) is 5.92 Å². The molecule has 1 atom stereocenters. The average molecular weight is 256 g/mol. The molecular formula is C17H24N2. The third-order valence-corrected chi connectivity index (χ3v) is 3.52. The van der Waals surface area contributed by atoms with Gasteiger partial charge in [-0.2, -0.15) is 0 Å². The monoisotopic (exact) mass is 256 g/mol. The summed E-state index contributed by atoms with van der Waals surface area (Å²) in [5.41, 5.74) is 3.65. The zero-order chi connectivity index (χ0) is 13.7. The standard InChI is InChI=1S/C17H24N2/c1-13(2)7-6-8-14(3)11-12-17-18-15-9-4-5-10-16(15)19-17/h4-5,7,9-10,14H,6,8,11-12H2,1-3H3,(H,18,19). The van der Waals surface area contributed by atoms with Gasteiger partial charge in [-0.05, 0) is 51.2 Å². The summed E-state index contributed by atoms with van der Waals surface area (Å²) in [5.74, 6) is 1.87. The number of rotatable bonds is 6. The van der Waals surface area contributed by atoms with E-state index in [-0.39, 0.29) is 0 Å². The summed E-state index contributed by atoms with van der Waals surface area (Å²) in [6.07, 6.45) is 7.05. The number of imidazole rings is 1. The molecule has 0 saturated heterocycles. The van der Waals surface area contributed by atoms with Crippen molar-refractivity contribution in [2.75, 3.05) is 0 Å². The maximum absolute atomic E-state index is 4.63. The van der Waals surface area contributed by atoms with Gasteiger partial charge in [-0.15, -0.1) is 0 Å². The zero-order valence-electron chi connectivity index (χ0n) is 12.2. The fourth-order valence-corrected chi connectivity index (χ4v) is 2.31. The highest BCUT2D eigenvalue weighted by molar-refractivity contribution is 5.74. The number of fused-ring (bicyclic) bond motifs is 1. The quantitative estimate of drug-likeness (QED) is 0.733. The fourth-order valence-electron chi connectivity index (χ4n) is 2.31. The first kappa shape index (κ1) is 13.9. The van der Waals surface area contributed by atoms with Gasteiger partial charge in [0.05, 0.1) is 11.0 Å². The van der Waals surface area contributed by atoms with Gasteiger partial charge in [-0.25, -0.2) is 4.98 Å². The largest absolute Gasteiger partial charge is 0.342 e. The Hall–Kier alpha value is -1.57. The van der Waals surface area contributed by atoms with E-state index in [0.717, 1.165) is 29.2 Å². The highest BCUT2D eigenvalue weighted by atomic mass is 14.9. The summed E-state index contributed by atoms with van der Waals surface area (Å²) in [4.78, 5) is 8.03. The van der Waals surface area contributed by atoms with E-state index in [1.54, 1.807) is 0 Å². The molecule has 102 valence electrons. The van der Waals surface area contributed by atoms with Gasteiger partial charge in [0.1, 0.15) is 5.82 Å². The smallest absolute Gasteiger partial charge is 0.107 e. The van der Waals surface area contributed by atoms with Gasteiger partial charge in [0.2, 0.25) is 0 Å². The maximum atomic E-state index is 4.63. The van der Waals surface area contributed by atoms with Crippen LogP contribution in [0.2, 0.25) is 0 Å². The van der Waals surface area contributed by atoms with Crippen molar-refractivity contribution in [3.05, 3.63) is 41.7 Å². The molecule has 0 fully saturated rings. The second-order valence-electron chi connectivity index (χ2n) is 5.70. The Bertz CT molecular complexity index is 514. The van der Waals surface area contributed by atoms with Crippen LogP contribution >= 0.6 is 0 Å². The van der Waals surface area contributed by atoms with Crippen LogP contribution in [0.1, 0.15) is 45.9 Å². The fraction of sp³-hybridized carbons (Fsp3) is 0.471. The molecule has 0 aliphatic carbocycles. The van der Waals surface area contributed by atoms with Crippen LogP contribution in [0.4, 0.5) is 0 Å². The number of aryl methyl sites for hydroxylation is 1. The Morgan fingerprint density at radius 2 is 2.05 bits per heavy atom. The van der Waals surface area contributed by atoms with Crippen molar-refractivity contribution in [1.29, 1.82) is 0 Å². The van der Waals surface area contributed by atoms with Crippen molar-refractivity contribution in [3.63, 3.8) is 0 Å². The molecule has 0 bridgehead atoms. The number of para-hydroxylation sites is 2. The van der Waals surface area contributed by atoms with Gasteiger partial charge < -0.3 is 4.98 Å². The Kier molecular flexibility index (Phi) is 4.78. The third-order valence-electron chi connectivity index (χ3n) is 3.52. The van der Waals surface area contributed by atoms with E-state index in [0.29, 0.717) is 0 Å². The summed E-state index contributed by atoms with van der Waals surface area (Å²) in [6, 6.07) is 8.24. The molecule has 2 nitrogen and oxygen atoms in total. The van der Waals surface area contributed by atoms with E-state index < -0.39 is 0 Å². The molecule has 1 heterocycles. The molecule has 2 aromatic rings. The lowest BCUT2D eigenvalue weighted by Crippen LogP contribution is -1.98. The highest BCUT2D eigenvalue weighted by Crippen LogP contribution is 2.16. The summed E-state index contributed by atoms with van der Waals surface area (Å²) < 4.78 is 0. The number of aromatic amines is 1. The second kappa shape index (κ2) is 6.55. The first-order valence-corrected chi connectivity index (χ1v) is 7.22. The number of benzene rings is 1. The van der Waals surface area contributed by atoms with Crippen LogP contribution in [0.15, 0.2) is 35.9 Å². The van der Waals surface area contributed by atoms with Crippen LogP contribution in [-0.2, 0) is 6.42 Å². The van der Waals surface area contributed by atoms with Crippen LogP contribution in [0.3, 0.4) is 0 Å². The number of H-pyrrole nitrogens is 1. The second-order valence-corrected chi connectivity index (χ2v) is 5.70. The number of allylic oxidation sites excluding steroid dienone is 2. The molecule has 0 spiro atoms. The molecule has 19 heavy (non-hydrogen) atoms. The third kappa shape index (κ3) is 4.23. The number of nitrogens with one attached hydrogen (secondary N) is 1. The topological polar surface area (TPSA) is 28.7 Å². The van der Waals surface area contributed by atoms with Crippen molar-refractivity contribution >= 4 is 11.0 Å². The zero-order valence-corrected chi connectivity index (χ0v) is 12.2. The summed E-state index contributed by atoms with van der Waals surface area (Å²) in [6.45, 7) is 6.67. The Morgan fingerprint density at radius 3 is 2.79 bits per heavy atom. The van der Waals surface area contributed by atoms with Gasteiger partial charge in [-0.1, -0.05) is 30.7 Å². The maximum Gasteiger partial charge on any atom is 0.107 e. The van der Waals surface area contributed by atoms with Gasteiger partial charge in [0.15, 0.2) is 0 Å². The minimum atomic E-state index is 0.754. The Labute approximate surface area is 116 Å². The lowest BCUT2D eigenvalue weighted by molar-refractivity contribution is 0.492. The van der Waals surface area contributed by atoms with E-state index in [1.165, 1.54) is 24.8 Å². The van der Waals surface area contributed by atoms with Gasteiger partial charge in [-0.3, -0.25) is 0 Å². The molecule has 1 unspecified atom stereocenters.